The Labute approximate surface area is 131 Å². The highest BCUT2D eigenvalue weighted by molar-refractivity contribution is 7.98. The van der Waals surface area contributed by atoms with Gasteiger partial charge in [-0.3, -0.25) is 0 Å². The Morgan fingerprint density at radius 2 is 1.90 bits per heavy atom. The van der Waals surface area contributed by atoms with Crippen LogP contribution < -0.4 is 10.1 Å². The number of rotatable bonds is 8. The number of anilines is 1. The number of nitrogens with one attached hydrogen (secondary N) is 1. The summed E-state index contributed by atoms with van der Waals surface area (Å²) >= 11 is 1.76. The molecule has 0 radical (unpaired) electrons. The summed E-state index contributed by atoms with van der Waals surface area (Å²) < 4.78 is 5.67. The topological polar surface area (TPSA) is 21.3 Å². The monoisotopic (exact) mass is 301 g/mol. The average molecular weight is 301 g/mol. The van der Waals surface area contributed by atoms with Gasteiger partial charge >= 0.3 is 0 Å². The molecular formula is C18H23NOS. The van der Waals surface area contributed by atoms with Crippen molar-refractivity contribution < 1.29 is 4.74 Å². The second kappa shape index (κ2) is 8.63. The minimum absolute atomic E-state index is 0.801. The fraction of sp³-hybridized carbons (Fsp3) is 0.333. The zero-order valence-electron chi connectivity index (χ0n) is 12.8. The van der Waals surface area contributed by atoms with Gasteiger partial charge in [0.2, 0.25) is 0 Å². The van der Waals surface area contributed by atoms with Gasteiger partial charge in [-0.1, -0.05) is 31.5 Å². The Kier molecular flexibility index (Phi) is 6.48. The summed E-state index contributed by atoms with van der Waals surface area (Å²) in [5.74, 6) is 0.955. The van der Waals surface area contributed by atoms with E-state index in [1.807, 2.05) is 12.1 Å². The Balaban J connectivity index is 1.85. The van der Waals surface area contributed by atoms with E-state index < -0.39 is 0 Å². The third-order valence-corrected chi connectivity index (χ3v) is 3.98. The molecule has 3 heteroatoms. The smallest absolute Gasteiger partial charge is 0.119 e. The largest absolute Gasteiger partial charge is 0.494 e. The highest BCUT2D eigenvalue weighted by atomic mass is 32.2. The summed E-state index contributed by atoms with van der Waals surface area (Å²) in [5.41, 5.74) is 2.41. The molecule has 0 aliphatic carbocycles. The van der Waals surface area contributed by atoms with Crippen LogP contribution in [0.2, 0.25) is 0 Å². The van der Waals surface area contributed by atoms with Crippen molar-refractivity contribution >= 4 is 17.4 Å². The molecule has 0 saturated carbocycles. The molecule has 2 aromatic carbocycles. The van der Waals surface area contributed by atoms with Crippen LogP contribution in [0.4, 0.5) is 5.69 Å². The third-order valence-electron chi connectivity index (χ3n) is 3.26. The maximum absolute atomic E-state index is 5.67. The van der Waals surface area contributed by atoms with Crippen LogP contribution in [0.5, 0.6) is 5.75 Å². The van der Waals surface area contributed by atoms with Crippen LogP contribution in [0.15, 0.2) is 53.4 Å². The molecule has 2 nitrogen and oxygen atoms in total. The number of thioether (sulfide) groups is 1. The maximum Gasteiger partial charge on any atom is 0.119 e. The van der Waals surface area contributed by atoms with Gasteiger partial charge in [0.15, 0.2) is 0 Å². The lowest BCUT2D eigenvalue weighted by Gasteiger charge is -2.09. The molecule has 0 saturated heterocycles. The summed E-state index contributed by atoms with van der Waals surface area (Å²) in [5, 5.41) is 3.45. The first kappa shape index (κ1) is 15.8. The third kappa shape index (κ3) is 5.35. The van der Waals surface area contributed by atoms with E-state index in [-0.39, 0.29) is 0 Å². The van der Waals surface area contributed by atoms with Gasteiger partial charge < -0.3 is 10.1 Å². The van der Waals surface area contributed by atoms with Gasteiger partial charge in [0.05, 0.1) is 6.61 Å². The summed E-state index contributed by atoms with van der Waals surface area (Å²) in [4.78, 5) is 1.28. The molecule has 0 amide bonds. The zero-order chi connectivity index (χ0) is 14.9. The van der Waals surface area contributed by atoms with Gasteiger partial charge in [-0.05, 0) is 48.6 Å². The van der Waals surface area contributed by atoms with E-state index in [4.69, 9.17) is 4.74 Å². The molecule has 21 heavy (non-hydrogen) atoms. The predicted octanol–water partition coefficient (Wildman–Crippen LogP) is 5.20. The van der Waals surface area contributed by atoms with Gasteiger partial charge in [0.25, 0.3) is 0 Å². The number of unbranched alkanes of at least 4 members (excludes halogenated alkanes) is 1. The van der Waals surface area contributed by atoms with Gasteiger partial charge in [-0.15, -0.1) is 11.8 Å². The summed E-state index contributed by atoms with van der Waals surface area (Å²) in [6, 6.07) is 16.8. The lowest BCUT2D eigenvalue weighted by atomic mass is 10.2. The van der Waals surface area contributed by atoms with E-state index in [1.54, 1.807) is 11.8 Å². The molecule has 0 heterocycles. The summed E-state index contributed by atoms with van der Waals surface area (Å²) in [7, 11) is 0. The molecule has 0 bridgehead atoms. The van der Waals surface area contributed by atoms with Crippen LogP contribution in [-0.4, -0.2) is 12.9 Å². The van der Waals surface area contributed by atoms with Gasteiger partial charge in [0, 0.05) is 17.1 Å². The molecule has 0 aromatic heterocycles. The average Bonchev–Trinajstić information content (AvgIpc) is 2.54. The van der Waals surface area contributed by atoms with Crippen LogP contribution in [0.25, 0.3) is 0 Å². The Hall–Kier alpha value is -1.61. The SMILES string of the molecule is CCCCOc1ccc(CNc2cccc(SC)c2)cc1. The van der Waals surface area contributed by atoms with E-state index in [1.165, 1.54) is 10.5 Å². The Morgan fingerprint density at radius 3 is 2.62 bits per heavy atom. The van der Waals surface area contributed by atoms with Crippen molar-refractivity contribution in [2.24, 2.45) is 0 Å². The maximum atomic E-state index is 5.67. The molecule has 2 aromatic rings. The van der Waals surface area contributed by atoms with Crippen LogP contribution in [0, 0.1) is 0 Å². The molecule has 112 valence electrons. The highest BCUT2D eigenvalue weighted by Gasteiger charge is 1.98. The van der Waals surface area contributed by atoms with Crippen molar-refractivity contribution in [2.75, 3.05) is 18.2 Å². The minimum atomic E-state index is 0.801. The van der Waals surface area contributed by atoms with Crippen molar-refractivity contribution in [3.05, 3.63) is 54.1 Å². The van der Waals surface area contributed by atoms with Gasteiger partial charge in [-0.2, -0.15) is 0 Å². The lowest BCUT2D eigenvalue weighted by molar-refractivity contribution is 0.309. The first-order chi connectivity index (χ1) is 10.3. The fourth-order valence-corrected chi connectivity index (χ4v) is 2.43. The predicted molar refractivity (Wildman–Crippen MR) is 92.4 cm³/mol. The first-order valence-electron chi connectivity index (χ1n) is 7.41. The molecular weight excluding hydrogens is 278 g/mol. The van der Waals surface area contributed by atoms with Gasteiger partial charge in [-0.25, -0.2) is 0 Å². The van der Waals surface area contributed by atoms with E-state index in [9.17, 15) is 0 Å². The minimum Gasteiger partial charge on any atom is -0.494 e. The van der Waals surface area contributed by atoms with E-state index >= 15 is 0 Å². The second-order valence-corrected chi connectivity index (χ2v) is 5.81. The molecule has 2 rings (SSSR count). The molecule has 0 fully saturated rings. The molecule has 1 N–H and O–H groups in total. The Bertz CT molecular complexity index is 539. The molecule has 0 atom stereocenters. The van der Waals surface area contributed by atoms with E-state index in [0.717, 1.165) is 37.4 Å². The molecule has 0 aliphatic rings. The second-order valence-electron chi connectivity index (χ2n) is 4.93. The van der Waals surface area contributed by atoms with Crippen LogP contribution in [0.3, 0.4) is 0 Å². The normalized spacial score (nSPS) is 10.4. The van der Waals surface area contributed by atoms with E-state index in [2.05, 4.69) is 54.9 Å². The first-order valence-corrected chi connectivity index (χ1v) is 8.64. The molecule has 0 aliphatic heterocycles. The van der Waals surface area contributed by atoms with Crippen molar-refractivity contribution in [3.63, 3.8) is 0 Å². The van der Waals surface area contributed by atoms with Crippen LogP contribution in [0.1, 0.15) is 25.3 Å². The standard InChI is InChI=1S/C18H23NOS/c1-3-4-12-20-17-10-8-15(9-11-17)14-19-16-6-5-7-18(13-16)21-2/h5-11,13,19H,3-4,12,14H2,1-2H3. The lowest BCUT2D eigenvalue weighted by Crippen LogP contribution is -2.00. The van der Waals surface area contributed by atoms with Crippen LogP contribution in [-0.2, 0) is 6.54 Å². The number of ether oxygens (including phenoxy) is 1. The van der Waals surface area contributed by atoms with Crippen molar-refractivity contribution in [3.8, 4) is 5.75 Å². The number of hydrogen-bond donors (Lipinski definition) is 1. The van der Waals surface area contributed by atoms with E-state index in [0.29, 0.717) is 0 Å². The van der Waals surface area contributed by atoms with Crippen molar-refractivity contribution in [1.82, 2.24) is 0 Å². The van der Waals surface area contributed by atoms with Gasteiger partial charge in [0.1, 0.15) is 5.75 Å². The summed E-state index contributed by atoms with van der Waals surface area (Å²) in [6.07, 6.45) is 4.36. The molecule has 0 spiro atoms. The van der Waals surface area contributed by atoms with Crippen molar-refractivity contribution in [2.45, 2.75) is 31.2 Å². The number of hydrogen-bond acceptors (Lipinski definition) is 3. The highest BCUT2D eigenvalue weighted by Crippen LogP contribution is 2.20. The Morgan fingerprint density at radius 1 is 1.10 bits per heavy atom. The zero-order valence-corrected chi connectivity index (χ0v) is 13.6. The summed E-state index contributed by atoms with van der Waals surface area (Å²) in [6.45, 7) is 3.80. The van der Waals surface area contributed by atoms with Crippen LogP contribution >= 0.6 is 11.8 Å². The molecule has 0 unspecified atom stereocenters. The fourth-order valence-electron chi connectivity index (χ4n) is 1.98. The quantitative estimate of drug-likeness (QED) is 0.535. The van der Waals surface area contributed by atoms with Crippen molar-refractivity contribution in [1.29, 1.82) is 0 Å². The number of benzene rings is 2.